The molecule has 1 aliphatic carbocycles. The summed E-state index contributed by atoms with van der Waals surface area (Å²) in [7, 11) is 1.63. The third-order valence-electron chi connectivity index (χ3n) is 4.29. The lowest BCUT2D eigenvalue weighted by molar-refractivity contribution is -0.120. The summed E-state index contributed by atoms with van der Waals surface area (Å²) in [4.78, 5) is 11.9. The van der Waals surface area contributed by atoms with Crippen molar-refractivity contribution in [2.75, 3.05) is 20.3 Å². The van der Waals surface area contributed by atoms with E-state index in [-0.39, 0.29) is 5.91 Å². The first-order chi connectivity index (χ1) is 10.7. The van der Waals surface area contributed by atoms with Crippen LogP contribution in [-0.4, -0.2) is 32.3 Å². The number of nitrogens with one attached hydrogen (secondary N) is 1. The minimum absolute atomic E-state index is 0.0218. The van der Waals surface area contributed by atoms with Gasteiger partial charge < -0.3 is 14.8 Å². The Kier molecular flexibility index (Phi) is 6.72. The van der Waals surface area contributed by atoms with Crippen LogP contribution in [0.3, 0.4) is 0 Å². The fourth-order valence-corrected chi connectivity index (χ4v) is 2.96. The number of ether oxygens (including phenoxy) is 2. The second-order valence-corrected chi connectivity index (χ2v) is 6.05. The van der Waals surface area contributed by atoms with Crippen LogP contribution in [-0.2, 0) is 16.0 Å². The molecule has 1 N–H and O–H groups in total. The van der Waals surface area contributed by atoms with Crippen molar-refractivity contribution in [1.82, 2.24) is 5.32 Å². The summed E-state index contributed by atoms with van der Waals surface area (Å²) < 4.78 is 11.1. The fraction of sp³-hybridized carbons (Fsp3) is 0.611. The molecule has 1 aromatic carbocycles. The van der Waals surface area contributed by atoms with Crippen LogP contribution in [0.15, 0.2) is 24.3 Å². The highest BCUT2D eigenvalue weighted by atomic mass is 16.5. The Morgan fingerprint density at radius 1 is 1.32 bits per heavy atom. The lowest BCUT2D eigenvalue weighted by Gasteiger charge is -2.28. The second-order valence-electron chi connectivity index (χ2n) is 6.05. The first-order valence-electron chi connectivity index (χ1n) is 8.20. The normalized spacial score (nSPS) is 21.4. The van der Waals surface area contributed by atoms with Gasteiger partial charge in [0.2, 0.25) is 5.91 Å². The van der Waals surface area contributed by atoms with Gasteiger partial charge in [-0.05, 0) is 36.5 Å². The summed E-state index contributed by atoms with van der Waals surface area (Å²) in [6.07, 6.45) is 5.72. The first-order valence-corrected chi connectivity index (χ1v) is 8.20. The van der Waals surface area contributed by atoms with E-state index in [1.54, 1.807) is 7.11 Å². The first kappa shape index (κ1) is 16.8. The van der Waals surface area contributed by atoms with Crippen molar-refractivity contribution in [1.29, 1.82) is 0 Å². The molecule has 0 aliphatic heterocycles. The van der Waals surface area contributed by atoms with Gasteiger partial charge in [-0.3, -0.25) is 4.79 Å². The van der Waals surface area contributed by atoms with Gasteiger partial charge in [-0.15, -0.1) is 0 Å². The third kappa shape index (κ3) is 5.34. The van der Waals surface area contributed by atoms with E-state index in [1.165, 1.54) is 19.3 Å². The van der Waals surface area contributed by atoms with Gasteiger partial charge in [0.05, 0.1) is 26.2 Å². The largest absolute Gasteiger partial charge is 0.497 e. The summed E-state index contributed by atoms with van der Waals surface area (Å²) in [6.45, 7) is 3.43. The van der Waals surface area contributed by atoms with E-state index in [2.05, 4.69) is 12.2 Å². The number of rotatable bonds is 7. The number of carbonyl (C=O) groups excluding carboxylic acids is 1. The lowest BCUT2D eigenvalue weighted by Crippen LogP contribution is -2.32. The molecule has 1 amide bonds. The molecule has 1 aromatic rings. The molecule has 1 saturated carbocycles. The maximum Gasteiger partial charge on any atom is 0.224 e. The highest BCUT2D eigenvalue weighted by molar-refractivity contribution is 5.78. The lowest BCUT2D eigenvalue weighted by atomic mass is 9.88. The number of hydrogen-bond donors (Lipinski definition) is 1. The van der Waals surface area contributed by atoms with Gasteiger partial charge in [-0.2, -0.15) is 0 Å². The Labute approximate surface area is 133 Å². The molecule has 0 heterocycles. The molecule has 122 valence electrons. The summed E-state index contributed by atoms with van der Waals surface area (Å²) in [5.74, 6) is 1.44. The molecule has 1 aliphatic rings. The zero-order valence-corrected chi connectivity index (χ0v) is 13.6. The molecular formula is C18H27NO3. The maximum absolute atomic E-state index is 11.9. The summed E-state index contributed by atoms with van der Waals surface area (Å²) >= 11 is 0. The Bertz CT molecular complexity index is 475. The van der Waals surface area contributed by atoms with Crippen LogP contribution >= 0.6 is 0 Å². The minimum atomic E-state index is 0.0218. The Balaban J connectivity index is 1.65. The fourth-order valence-electron chi connectivity index (χ4n) is 2.96. The topological polar surface area (TPSA) is 47.6 Å². The van der Waals surface area contributed by atoms with Crippen LogP contribution in [0.4, 0.5) is 0 Å². The second kappa shape index (κ2) is 8.79. The van der Waals surface area contributed by atoms with Crippen LogP contribution in [0.1, 0.15) is 38.2 Å². The summed E-state index contributed by atoms with van der Waals surface area (Å²) in [5.41, 5.74) is 0.957. The average molecular weight is 305 g/mol. The number of methoxy groups -OCH3 is 1. The minimum Gasteiger partial charge on any atom is -0.497 e. The molecule has 2 atom stereocenters. The van der Waals surface area contributed by atoms with E-state index < -0.39 is 0 Å². The van der Waals surface area contributed by atoms with Crippen molar-refractivity contribution in [3.63, 3.8) is 0 Å². The zero-order valence-electron chi connectivity index (χ0n) is 13.6. The predicted molar refractivity (Wildman–Crippen MR) is 87.1 cm³/mol. The molecule has 0 bridgehead atoms. The Hall–Kier alpha value is -1.55. The molecular weight excluding hydrogens is 278 g/mol. The molecule has 22 heavy (non-hydrogen) atoms. The highest BCUT2D eigenvalue weighted by Crippen LogP contribution is 2.25. The Morgan fingerprint density at radius 3 is 2.91 bits per heavy atom. The van der Waals surface area contributed by atoms with Crippen LogP contribution in [0.25, 0.3) is 0 Å². The number of benzene rings is 1. The van der Waals surface area contributed by atoms with Gasteiger partial charge in [-0.25, -0.2) is 0 Å². The molecule has 0 unspecified atom stereocenters. The van der Waals surface area contributed by atoms with Crippen molar-refractivity contribution in [2.45, 2.75) is 45.1 Å². The standard InChI is InChI=1S/C18H27NO3/c1-14-6-3-4-9-17(14)22-11-10-19-18(20)13-15-7-5-8-16(12-15)21-2/h5,7-8,12,14,17H,3-4,6,9-11,13H2,1-2H3,(H,19,20)/t14-,17+/m1/s1. The van der Waals surface area contributed by atoms with Gasteiger partial charge in [0.15, 0.2) is 0 Å². The van der Waals surface area contributed by atoms with Gasteiger partial charge in [0.25, 0.3) is 0 Å². The molecule has 2 rings (SSSR count). The van der Waals surface area contributed by atoms with Crippen molar-refractivity contribution >= 4 is 5.91 Å². The van der Waals surface area contributed by atoms with Crippen molar-refractivity contribution in [3.05, 3.63) is 29.8 Å². The van der Waals surface area contributed by atoms with E-state index >= 15 is 0 Å². The van der Waals surface area contributed by atoms with Crippen LogP contribution in [0.2, 0.25) is 0 Å². The van der Waals surface area contributed by atoms with Crippen LogP contribution < -0.4 is 10.1 Å². The highest BCUT2D eigenvalue weighted by Gasteiger charge is 2.21. The molecule has 1 fully saturated rings. The predicted octanol–water partition coefficient (Wildman–Crippen LogP) is 2.95. The molecule has 0 saturated heterocycles. The Morgan fingerprint density at radius 2 is 2.14 bits per heavy atom. The molecule has 4 nitrogen and oxygen atoms in total. The molecule has 4 heteroatoms. The SMILES string of the molecule is COc1cccc(CC(=O)NCCO[C@H]2CCCC[C@H]2C)c1. The summed E-state index contributed by atoms with van der Waals surface area (Å²) in [5, 5.41) is 2.92. The van der Waals surface area contributed by atoms with Gasteiger partial charge >= 0.3 is 0 Å². The zero-order chi connectivity index (χ0) is 15.8. The van der Waals surface area contributed by atoms with Crippen molar-refractivity contribution < 1.29 is 14.3 Å². The quantitative estimate of drug-likeness (QED) is 0.788. The smallest absolute Gasteiger partial charge is 0.224 e. The third-order valence-corrected chi connectivity index (χ3v) is 4.29. The van der Waals surface area contributed by atoms with Gasteiger partial charge in [0, 0.05) is 6.54 Å². The van der Waals surface area contributed by atoms with Crippen LogP contribution in [0.5, 0.6) is 5.75 Å². The number of hydrogen-bond acceptors (Lipinski definition) is 3. The van der Waals surface area contributed by atoms with Gasteiger partial charge in [-0.1, -0.05) is 31.9 Å². The molecule has 0 spiro atoms. The number of carbonyl (C=O) groups is 1. The number of amides is 1. The van der Waals surface area contributed by atoms with E-state index in [1.807, 2.05) is 24.3 Å². The average Bonchev–Trinajstić information content (AvgIpc) is 2.53. The van der Waals surface area contributed by atoms with Crippen molar-refractivity contribution in [3.8, 4) is 5.75 Å². The van der Waals surface area contributed by atoms with Crippen molar-refractivity contribution in [2.24, 2.45) is 5.92 Å². The molecule has 0 radical (unpaired) electrons. The van der Waals surface area contributed by atoms with E-state index in [0.717, 1.165) is 17.7 Å². The summed E-state index contributed by atoms with van der Waals surface area (Å²) in [6, 6.07) is 7.59. The monoisotopic (exact) mass is 305 g/mol. The molecule has 0 aromatic heterocycles. The van der Waals surface area contributed by atoms with E-state index in [0.29, 0.717) is 31.6 Å². The van der Waals surface area contributed by atoms with Crippen LogP contribution in [0, 0.1) is 5.92 Å². The van der Waals surface area contributed by atoms with E-state index in [4.69, 9.17) is 9.47 Å². The van der Waals surface area contributed by atoms with E-state index in [9.17, 15) is 4.79 Å². The maximum atomic E-state index is 11.9. The van der Waals surface area contributed by atoms with Gasteiger partial charge in [0.1, 0.15) is 5.75 Å².